The average Bonchev–Trinajstić information content (AvgIpc) is 2.25. The summed E-state index contributed by atoms with van der Waals surface area (Å²) >= 11 is 0. The van der Waals surface area contributed by atoms with Gasteiger partial charge < -0.3 is 4.90 Å². The van der Waals surface area contributed by atoms with Crippen LogP contribution in [0.15, 0.2) is 12.1 Å². The van der Waals surface area contributed by atoms with Gasteiger partial charge in [0.15, 0.2) is 17.5 Å². The molecule has 2 rings (SSSR count). The maximum atomic E-state index is 13.0. The Balaban J connectivity index is 2.34. The van der Waals surface area contributed by atoms with Gasteiger partial charge in [-0.1, -0.05) is 0 Å². The van der Waals surface area contributed by atoms with E-state index in [1.807, 2.05) is 0 Å². The summed E-state index contributed by atoms with van der Waals surface area (Å²) < 4.78 is 38.7. The van der Waals surface area contributed by atoms with Gasteiger partial charge in [0.1, 0.15) is 5.78 Å². The Hall–Kier alpha value is -1.85. The number of carbonyl (C=O) groups is 2. The zero-order valence-corrected chi connectivity index (χ0v) is 8.67. The third kappa shape index (κ3) is 2.15. The normalized spacial score (nSPS) is 16.5. The summed E-state index contributed by atoms with van der Waals surface area (Å²) in [5.41, 5.74) is -0.0705. The molecule has 0 aliphatic carbocycles. The highest BCUT2D eigenvalue weighted by atomic mass is 19.2. The molecular weight excluding hydrogens is 235 g/mol. The summed E-state index contributed by atoms with van der Waals surface area (Å²) in [7, 11) is 0. The van der Waals surface area contributed by atoms with E-state index in [9.17, 15) is 22.8 Å². The Bertz CT molecular complexity index is 478. The molecule has 17 heavy (non-hydrogen) atoms. The standard InChI is InChI=1S/C11H8F3NO2/c12-8-3-6(4-9(13)11(8)14)15-2-1-7(16)5-10(15)17/h3-4H,1-2,5H2. The number of ketones is 1. The fourth-order valence-corrected chi connectivity index (χ4v) is 1.68. The smallest absolute Gasteiger partial charge is 0.234 e. The molecule has 1 aliphatic heterocycles. The van der Waals surface area contributed by atoms with Crippen LogP contribution < -0.4 is 4.90 Å². The van der Waals surface area contributed by atoms with Crippen molar-refractivity contribution in [3.05, 3.63) is 29.6 Å². The van der Waals surface area contributed by atoms with Gasteiger partial charge in [-0.25, -0.2) is 13.2 Å². The molecule has 0 radical (unpaired) electrons. The van der Waals surface area contributed by atoms with Gasteiger partial charge in [-0.2, -0.15) is 0 Å². The number of carbonyl (C=O) groups excluding carboxylic acids is 2. The lowest BCUT2D eigenvalue weighted by atomic mass is 10.1. The van der Waals surface area contributed by atoms with Gasteiger partial charge in [-0.3, -0.25) is 9.59 Å². The molecule has 90 valence electrons. The van der Waals surface area contributed by atoms with Crippen molar-refractivity contribution in [3.8, 4) is 0 Å². The Morgan fingerprint density at radius 2 is 1.65 bits per heavy atom. The van der Waals surface area contributed by atoms with E-state index in [-0.39, 0.29) is 30.9 Å². The van der Waals surface area contributed by atoms with Crippen molar-refractivity contribution in [1.82, 2.24) is 0 Å². The fraction of sp³-hybridized carbons (Fsp3) is 0.273. The van der Waals surface area contributed by atoms with E-state index in [0.717, 1.165) is 17.0 Å². The Kier molecular flexibility index (Phi) is 2.87. The second-order valence-corrected chi connectivity index (χ2v) is 3.73. The molecule has 0 unspecified atom stereocenters. The van der Waals surface area contributed by atoms with Crippen LogP contribution in [0, 0.1) is 17.5 Å². The number of piperidine rings is 1. The molecule has 0 bridgehead atoms. The van der Waals surface area contributed by atoms with Crippen molar-refractivity contribution >= 4 is 17.4 Å². The van der Waals surface area contributed by atoms with Crippen molar-refractivity contribution in [3.63, 3.8) is 0 Å². The van der Waals surface area contributed by atoms with Crippen LogP contribution in [0.3, 0.4) is 0 Å². The minimum Gasteiger partial charge on any atom is -0.311 e. The van der Waals surface area contributed by atoms with Crippen LogP contribution in [0.25, 0.3) is 0 Å². The molecule has 1 heterocycles. The van der Waals surface area contributed by atoms with Gasteiger partial charge in [0, 0.05) is 30.8 Å². The maximum absolute atomic E-state index is 13.0. The Morgan fingerprint density at radius 1 is 1.06 bits per heavy atom. The van der Waals surface area contributed by atoms with Crippen LogP contribution in [0.5, 0.6) is 0 Å². The third-order valence-electron chi connectivity index (χ3n) is 2.54. The topological polar surface area (TPSA) is 37.4 Å². The molecule has 1 aliphatic rings. The Morgan fingerprint density at radius 3 is 2.18 bits per heavy atom. The highest BCUT2D eigenvalue weighted by Crippen LogP contribution is 2.23. The van der Waals surface area contributed by atoms with Crippen LogP contribution in [-0.4, -0.2) is 18.2 Å². The Labute approximate surface area is 94.8 Å². The largest absolute Gasteiger partial charge is 0.311 e. The lowest BCUT2D eigenvalue weighted by Crippen LogP contribution is -2.39. The minimum atomic E-state index is -1.57. The van der Waals surface area contributed by atoms with Gasteiger partial charge >= 0.3 is 0 Å². The summed E-state index contributed by atoms with van der Waals surface area (Å²) in [5, 5.41) is 0. The van der Waals surface area contributed by atoms with Gasteiger partial charge in [-0.15, -0.1) is 0 Å². The molecule has 0 spiro atoms. The number of hydrogen-bond donors (Lipinski definition) is 0. The SMILES string of the molecule is O=C1CCN(c2cc(F)c(F)c(F)c2)C(=O)C1. The molecule has 1 aromatic carbocycles. The van der Waals surface area contributed by atoms with Crippen LogP contribution in [-0.2, 0) is 9.59 Å². The van der Waals surface area contributed by atoms with Gasteiger partial charge in [0.05, 0.1) is 6.42 Å². The molecule has 0 aromatic heterocycles. The third-order valence-corrected chi connectivity index (χ3v) is 2.54. The van der Waals surface area contributed by atoms with Crippen molar-refractivity contribution in [2.45, 2.75) is 12.8 Å². The lowest BCUT2D eigenvalue weighted by molar-refractivity contribution is -0.128. The second-order valence-electron chi connectivity index (χ2n) is 3.73. The number of halogens is 3. The van der Waals surface area contributed by atoms with Crippen LogP contribution in [0.4, 0.5) is 18.9 Å². The van der Waals surface area contributed by atoms with E-state index < -0.39 is 23.4 Å². The van der Waals surface area contributed by atoms with Crippen molar-refractivity contribution < 1.29 is 22.8 Å². The first-order chi connectivity index (χ1) is 7.99. The van der Waals surface area contributed by atoms with E-state index in [1.54, 1.807) is 0 Å². The molecular formula is C11H8F3NO2. The molecule has 1 amide bonds. The van der Waals surface area contributed by atoms with Crippen LogP contribution >= 0.6 is 0 Å². The van der Waals surface area contributed by atoms with Gasteiger partial charge in [0.25, 0.3) is 0 Å². The number of anilines is 1. The molecule has 1 fully saturated rings. The molecule has 0 saturated carbocycles. The van der Waals surface area contributed by atoms with Crippen LogP contribution in [0.2, 0.25) is 0 Å². The number of hydrogen-bond acceptors (Lipinski definition) is 2. The number of benzene rings is 1. The van der Waals surface area contributed by atoms with Gasteiger partial charge in [-0.05, 0) is 0 Å². The number of nitrogens with zero attached hydrogens (tertiary/aromatic N) is 1. The monoisotopic (exact) mass is 243 g/mol. The van der Waals surface area contributed by atoms with Crippen molar-refractivity contribution in [2.75, 3.05) is 11.4 Å². The summed E-state index contributed by atoms with van der Waals surface area (Å²) in [6, 6.07) is 1.48. The zero-order chi connectivity index (χ0) is 12.6. The fourth-order valence-electron chi connectivity index (χ4n) is 1.68. The maximum Gasteiger partial charge on any atom is 0.234 e. The van der Waals surface area contributed by atoms with Crippen LogP contribution in [0.1, 0.15) is 12.8 Å². The predicted octanol–water partition coefficient (Wildman–Crippen LogP) is 1.80. The quantitative estimate of drug-likeness (QED) is 0.557. The summed E-state index contributed by atoms with van der Waals surface area (Å²) in [6.07, 6.45) is -0.160. The first-order valence-electron chi connectivity index (χ1n) is 4.95. The van der Waals surface area contributed by atoms with E-state index >= 15 is 0 Å². The van der Waals surface area contributed by atoms with E-state index in [0.29, 0.717) is 0 Å². The van der Waals surface area contributed by atoms with E-state index in [2.05, 4.69) is 0 Å². The first-order valence-corrected chi connectivity index (χ1v) is 4.95. The zero-order valence-electron chi connectivity index (χ0n) is 8.67. The molecule has 1 aromatic rings. The summed E-state index contributed by atoms with van der Waals surface area (Å²) in [5.74, 6) is -5.04. The van der Waals surface area contributed by atoms with E-state index in [1.165, 1.54) is 0 Å². The molecule has 0 N–H and O–H groups in total. The highest BCUT2D eigenvalue weighted by molar-refractivity contribution is 6.08. The molecule has 1 saturated heterocycles. The summed E-state index contributed by atoms with van der Waals surface area (Å²) in [6.45, 7) is 0.0577. The highest BCUT2D eigenvalue weighted by Gasteiger charge is 2.26. The van der Waals surface area contributed by atoms with Gasteiger partial charge in [0.2, 0.25) is 5.91 Å². The average molecular weight is 243 g/mol. The second kappa shape index (κ2) is 4.20. The number of amides is 1. The minimum absolute atomic E-state index is 0.0577. The van der Waals surface area contributed by atoms with E-state index in [4.69, 9.17) is 0 Å². The first kappa shape index (κ1) is 11.6. The van der Waals surface area contributed by atoms with Crippen molar-refractivity contribution in [1.29, 1.82) is 0 Å². The molecule has 0 atom stereocenters. The van der Waals surface area contributed by atoms with Crippen molar-refractivity contribution in [2.24, 2.45) is 0 Å². The predicted molar refractivity (Wildman–Crippen MR) is 52.9 cm³/mol. The summed E-state index contributed by atoms with van der Waals surface area (Å²) in [4.78, 5) is 23.5. The molecule has 3 nitrogen and oxygen atoms in total. The molecule has 6 heteroatoms. The number of Topliss-reactive ketones (excluding diaryl/α,β-unsaturated/α-hetero) is 1. The lowest BCUT2D eigenvalue weighted by Gasteiger charge is -2.26. The number of rotatable bonds is 1.